The van der Waals surface area contributed by atoms with Gasteiger partial charge < -0.3 is 23.9 Å². The predicted molar refractivity (Wildman–Crippen MR) is 40.4 cm³/mol. The number of nitrogens with two attached hydrogens (primary N) is 2. The number of rotatable bonds is 0. The number of imidazole rings is 1. The molecule has 6 heteroatoms. The smallest absolute Gasteiger partial charge is 0.309 e. The zero-order chi connectivity index (χ0) is 8.85. The van der Waals surface area contributed by atoms with Gasteiger partial charge in [0.1, 0.15) is 12.4 Å². The molecular formula is C6H13ClN4O. The Kier molecular flexibility index (Phi) is 7.22. The normalized spacial score (nSPS) is 7.50. The summed E-state index contributed by atoms with van der Waals surface area (Å²) < 4.78 is 4.00. The van der Waals surface area contributed by atoms with Gasteiger partial charge in [0, 0.05) is 0 Å². The third kappa shape index (κ3) is 8.77. The van der Waals surface area contributed by atoms with Crippen LogP contribution in [-0.2, 0) is 14.1 Å². The second kappa shape index (κ2) is 6.48. The van der Waals surface area contributed by atoms with E-state index in [2.05, 4.69) is 11.5 Å². The van der Waals surface area contributed by atoms with E-state index in [9.17, 15) is 0 Å². The van der Waals surface area contributed by atoms with Crippen molar-refractivity contribution < 1.29 is 21.8 Å². The summed E-state index contributed by atoms with van der Waals surface area (Å²) in [6.45, 7) is 0. The summed E-state index contributed by atoms with van der Waals surface area (Å²) in [5, 5.41) is 0. The number of carbonyl (C=O) groups excluding carboxylic acids is 1. The molecule has 0 aliphatic rings. The first kappa shape index (κ1) is 13.4. The number of amides is 2. The molecule has 1 heterocycles. The number of hydrogen-bond donors (Lipinski definition) is 2. The van der Waals surface area contributed by atoms with Crippen LogP contribution in [0.3, 0.4) is 0 Å². The maximum absolute atomic E-state index is 9.00. The monoisotopic (exact) mass is 192 g/mol. The van der Waals surface area contributed by atoms with Crippen molar-refractivity contribution in [3.05, 3.63) is 18.7 Å². The third-order valence-corrected chi connectivity index (χ3v) is 0.901. The zero-order valence-electron chi connectivity index (χ0n) is 7.07. The summed E-state index contributed by atoms with van der Waals surface area (Å²) in [4.78, 5) is 9.00. The van der Waals surface area contributed by atoms with Gasteiger partial charge in [-0.1, -0.05) is 0 Å². The second-order valence-electron chi connectivity index (χ2n) is 2.15. The fourth-order valence-corrected chi connectivity index (χ4v) is 0.575. The van der Waals surface area contributed by atoms with Crippen LogP contribution < -0.4 is 28.4 Å². The van der Waals surface area contributed by atoms with Crippen molar-refractivity contribution in [2.75, 3.05) is 0 Å². The van der Waals surface area contributed by atoms with Crippen LogP contribution in [0.5, 0.6) is 0 Å². The Morgan fingerprint density at radius 2 is 1.92 bits per heavy atom. The maximum Gasteiger partial charge on any atom is 0.309 e. The van der Waals surface area contributed by atoms with Crippen molar-refractivity contribution in [3.63, 3.8) is 0 Å². The molecule has 0 bridgehead atoms. The van der Waals surface area contributed by atoms with Crippen LogP contribution in [0, 0.1) is 0 Å². The van der Waals surface area contributed by atoms with Crippen LogP contribution in [0.1, 0.15) is 0 Å². The van der Waals surface area contributed by atoms with Crippen LogP contribution in [0.25, 0.3) is 0 Å². The number of primary amides is 2. The molecule has 2 amide bonds. The van der Waals surface area contributed by atoms with E-state index < -0.39 is 6.03 Å². The van der Waals surface area contributed by atoms with Crippen molar-refractivity contribution in [3.8, 4) is 0 Å². The number of urea groups is 1. The Balaban J connectivity index is 0. The standard InChI is InChI=1S/C5H9N2.CH4N2O.ClH/c1-6-3-4-7(2)5-6;2-1(3)4;/h3-5H,1-2H3;(H4,2,3,4);1H/q+1;;/p-1. The lowest BCUT2D eigenvalue weighted by Gasteiger charge is -1.72. The van der Waals surface area contributed by atoms with Gasteiger partial charge in [-0.2, -0.15) is 0 Å². The fourth-order valence-electron chi connectivity index (χ4n) is 0.575. The van der Waals surface area contributed by atoms with Gasteiger partial charge in [-0.3, -0.25) is 0 Å². The summed E-state index contributed by atoms with van der Waals surface area (Å²) in [7, 11) is 4.00. The molecule has 4 N–H and O–H groups in total. The molecule has 0 radical (unpaired) electrons. The molecule has 0 aromatic carbocycles. The van der Waals surface area contributed by atoms with Gasteiger partial charge in [-0.05, 0) is 0 Å². The molecule has 0 aliphatic heterocycles. The lowest BCUT2D eigenvalue weighted by molar-refractivity contribution is -0.670. The third-order valence-electron chi connectivity index (χ3n) is 0.901. The van der Waals surface area contributed by atoms with Crippen molar-refractivity contribution in [1.82, 2.24) is 4.57 Å². The highest BCUT2D eigenvalue weighted by Gasteiger charge is 1.87. The van der Waals surface area contributed by atoms with E-state index in [1.165, 1.54) is 0 Å². The molecule has 1 rings (SSSR count). The summed E-state index contributed by atoms with van der Waals surface area (Å²) >= 11 is 0. The van der Waals surface area contributed by atoms with Crippen molar-refractivity contribution in [2.45, 2.75) is 0 Å². The SMILES string of the molecule is Cn1cc[n+](C)c1.NC(N)=O.[Cl-]. The minimum Gasteiger partial charge on any atom is -1.00 e. The minimum atomic E-state index is -0.833. The zero-order valence-corrected chi connectivity index (χ0v) is 7.82. The largest absolute Gasteiger partial charge is 1.00 e. The van der Waals surface area contributed by atoms with E-state index in [1.807, 2.05) is 42.0 Å². The van der Waals surface area contributed by atoms with E-state index in [4.69, 9.17) is 4.79 Å². The number of halogens is 1. The van der Waals surface area contributed by atoms with Gasteiger partial charge in [-0.15, -0.1) is 0 Å². The molecular weight excluding hydrogens is 180 g/mol. The number of aromatic nitrogens is 2. The van der Waals surface area contributed by atoms with Crippen LogP contribution in [-0.4, -0.2) is 10.6 Å². The van der Waals surface area contributed by atoms with Gasteiger partial charge in [0.15, 0.2) is 0 Å². The first-order valence-corrected chi connectivity index (χ1v) is 3.04. The van der Waals surface area contributed by atoms with Crippen LogP contribution in [0.4, 0.5) is 4.79 Å². The maximum atomic E-state index is 9.00. The van der Waals surface area contributed by atoms with E-state index in [0.717, 1.165) is 0 Å². The summed E-state index contributed by atoms with van der Waals surface area (Å²) in [5.41, 5.74) is 8.50. The quantitative estimate of drug-likeness (QED) is 0.403. The van der Waals surface area contributed by atoms with Crippen molar-refractivity contribution in [1.29, 1.82) is 0 Å². The van der Waals surface area contributed by atoms with Gasteiger partial charge in [0.25, 0.3) is 0 Å². The molecule has 0 spiro atoms. The van der Waals surface area contributed by atoms with Gasteiger partial charge in [-0.25, -0.2) is 13.9 Å². The molecule has 0 atom stereocenters. The minimum absolute atomic E-state index is 0. The number of carbonyl (C=O) groups is 1. The predicted octanol–water partition coefficient (Wildman–Crippen LogP) is -4.12. The lowest BCUT2D eigenvalue weighted by Crippen LogP contribution is -3.00. The number of hydrogen-bond acceptors (Lipinski definition) is 1. The summed E-state index contributed by atoms with van der Waals surface area (Å²) in [6.07, 6.45) is 6.00. The molecule has 5 nitrogen and oxygen atoms in total. The Morgan fingerprint density at radius 1 is 1.50 bits per heavy atom. The fraction of sp³-hybridized carbons (Fsp3) is 0.333. The molecule has 12 heavy (non-hydrogen) atoms. The summed E-state index contributed by atoms with van der Waals surface area (Å²) in [6, 6.07) is -0.833. The van der Waals surface area contributed by atoms with Crippen LogP contribution in [0.2, 0.25) is 0 Å². The van der Waals surface area contributed by atoms with E-state index in [1.54, 1.807) is 0 Å². The van der Waals surface area contributed by atoms with Crippen LogP contribution in [0.15, 0.2) is 18.7 Å². The van der Waals surface area contributed by atoms with Gasteiger partial charge >= 0.3 is 6.03 Å². The Morgan fingerprint density at radius 3 is 2.00 bits per heavy atom. The lowest BCUT2D eigenvalue weighted by atomic mass is 10.9. The molecule has 1 aromatic heterocycles. The molecule has 0 aliphatic carbocycles. The molecule has 0 saturated heterocycles. The van der Waals surface area contributed by atoms with E-state index >= 15 is 0 Å². The highest BCUT2D eigenvalue weighted by atomic mass is 35.5. The average molecular weight is 193 g/mol. The van der Waals surface area contributed by atoms with Crippen molar-refractivity contribution in [2.24, 2.45) is 25.6 Å². The second-order valence-corrected chi connectivity index (χ2v) is 2.15. The Bertz CT molecular complexity index is 215. The highest BCUT2D eigenvalue weighted by Crippen LogP contribution is 1.70. The Hall–Kier alpha value is -1.23. The average Bonchev–Trinajstić information content (AvgIpc) is 2.13. The molecule has 0 saturated carbocycles. The van der Waals surface area contributed by atoms with Gasteiger partial charge in [0.05, 0.1) is 14.1 Å². The highest BCUT2D eigenvalue weighted by molar-refractivity contribution is 5.69. The summed E-state index contributed by atoms with van der Waals surface area (Å²) in [5.74, 6) is 0. The Labute approximate surface area is 77.4 Å². The van der Waals surface area contributed by atoms with E-state index in [-0.39, 0.29) is 12.4 Å². The first-order chi connectivity index (χ1) is 5.02. The number of nitrogens with zero attached hydrogens (tertiary/aromatic N) is 2. The molecule has 0 fully saturated rings. The molecule has 0 unspecified atom stereocenters. The molecule has 70 valence electrons. The van der Waals surface area contributed by atoms with E-state index in [0.29, 0.717) is 0 Å². The first-order valence-electron chi connectivity index (χ1n) is 3.04. The molecule has 1 aromatic rings. The van der Waals surface area contributed by atoms with Crippen LogP contribution >= 0.6 is 0 Å². The van der Waals surface area contributed by atoms with Gasteiger partial charge in [0.2, 0.25) is 6.33 Å². The van der Waals surface area contributed by atoms with Crippen molar-refractivity contribution >= 4 is 6.03 Å². The number of aryl methyl sites for hydroxylation is 2. The topological polar surface area (TPSA) is 77.9 Å².